The fourth-order valence-corrected chi connectivity index (χ4v) is 3.89. The lowest BCUT2D eigenvalue weighted by atomic mass is 10.0. The predicted octanol–water partition coefficient (Wildman–Crippen LogP) is 2.66. The molecule has 0 aromatic heterocycles. The molecule has 0 saturated carbocycles. The van der Waals surface area contributed by atoms with Gasteiger partial charge in [-0.3, -0.25) is 9.69 Å². The van der Waals surface area contributed by atoms with Crippen molar-refractivity contribution in [2.45, 2.75) is 51.2 Å². The standard InChI is InChI=1S/C17H24N2O/c1-14(20)19-12-6-10-17(19)16-9-5-11-18(16)13-15-7-3-2-4-8-15/h2-4,7-8,16-17H,5-6,9-13H2,1H3. The van der Waals surface area contributed by atoms with Gasteiger partial charge in [0.05, 0.1) is 0 Å². The van der Waals surface area contributed by atoms with Crippen molar-refractivity contribution in [3.05, 3.63) is 35.9 Å². The Labute approximate surface area is 121 Å². The van der Waals surface area contributed by atoms with Crippen molar-refractivity contribution in [2.75, 3.05) is 13.1 Å². The molecule has 20 heavy (non-hydrogen) atoms. The Kier molecular flexibility index (Phi) is 4.06. The molecule has 3 nitrogen and oxygen atoms in total. The highest BCUT2D eigenvalue weighted by atomic mass is 16.2. The summed E-state index contributed by atoms with van der Waals surface area (Å²) in [5.41, 5.74) is 1.38. The van der Waals surface area contributed by atoms with Crippen molar-refractivity contribution in [3.63, 3.8) is 0 Å². The second-order valence-electron chi connectivity index (χ2n) is 6.09. The maximum absolute atomic E-state index is 11.8. The summed E-state index contributed by atoms with van der Waals surface area (Å²) in [6.07, 6.45) is 4.84. The van der Waals surface area contributed by atoms with E-state index in [1.807, 2.05) is 0 Å². The van der Waals surface area contributed by atoms with Crippen LogP contribution in [0.4, 0.5) is 0 Å². The molecule has 2 saturated heterocycles. The van der Waals surface area contributed by atoms with Crippen LogP contribution in [0.2, 0.25) is 0 Å². The summed E-state index contributed by atoms with van der Waals surface area (Å²) in [5.74, 6) is 0.249. The summed E-state index contributed by atoms with van der Waals surface area (Å²) < 4.78 is 0. The Hall–Kier alpha value is -1.35. The van der Waals surface area contributed by atoms with Gasteiger partial charge in [0.1, 0.15) is 0 Å². The number of likely N-dealkylation sites (tertiary alicyclic amines) is 2. The van der Waals surface area contributed by atoms with Gasteiger partial charge in [-0.1, -0.05) is 30.3 Å². The van der Waals surface area contributed by atoms with Gasteiger partial charge in [0, 0.05) is 32.1 Å². The maximum Gasteiger partial charge on any atom is 0.219 e. The second kappa shape index (κ2) is 5.96. The number of carbonyl (C=O) groups is 1. The summed E-state index contributed by atoms with van der Waals surface area (Å²) >= 11 is 0. The van der Waals surface area contributed by atoms with Gasteiger partial charge in [-0.2, -0.15) is 0 Å². The topological polar surface area (TPSA) is 23.6 Å². The molecule has 2 heterocycles. The van der Waals surface area contributed by atoms with Gasteiger partial charge in [0.25, 0.3) is 0 Å². The lowest BCUT2D eigenvalue weighted by molar-refractivity contribution is -0.130. The number of benzene rings is 1. The average molecular weight is 272 g/mol. The third kappa shape index (κ3) is 2.73. The molecule has 1 aromatic rings. The second-order valence-corrected chi connectivity index (χ2v) is 6.09. The lowest BCUT2D eigenvalue weighted by Gasteiger charge is -2.34. The fourth-order valence-electron chi connectivity index (χ4n) is 3.89. The molecular formula is C17H24N2O. The number of carbonyl (C=O) groups excluding carboxylic acids is 1. The minimum Gasteiger partial charge on any atom is -0.338 e. The van der Waals surface area contributed by atoms with Crippen LogP contribution in [0, 0.1) is 0 Å². The van der Waals surface area contributed by atoms with Crippen LogP contribution < -0.4 is 0 Å². The van der Waals surface area contributed by atoms with Crippen molar-refractivity contribution < 1.29 is 4.79 Å². The van der Waals surface area contributed by atoms with E-state index in [1.165, 1.54) is 37.8 Å². The van der Waals surface area contributed by atoms with E-state index in [0.29, 0.717) is 12.1 Å². The minimum absolute atomic E-state index is 0.249. The van der Waals surface area contributed by atoms with Crippen LogP contribution in [-0.2, 0) is 11.3 Å². The Bertz CT molecular complexity index is 459. The molecule has 3 heteroatoms. The monoisotopic (exact) mass is 272 g/mol. The quantitative estimate of drug-likeness (QED) is 0.844. The molecule has 2 atom stereocenters. The largest absolute Gasteiger partial charge is 0.338 e. The zero-order chi connectivity index (χ0) is 13.9. The van der Waals surface area contributed by atoms with Crippen molar-refractivity contribution in [1.29, 1.82) is 0 Å². The molecule has 1 amide bonds. The third-order valence-electron chi connectivity index (χ3n) is 4.79. The van der Waals surface area contributed by atoms with E-state index in [2.05, 4.69) is 40.1 Å². The smallest absolute Gasteiger partial charge is 0.219 e. The molecule has 0 aliphatic carbocycles. The van der Waals surface area contributed by atoms with Crippen LogP contribution in [0.15, 0.2) is 30.3 Å². The Morgan fingerprint density at radius 3 is 2.55 bits per heavy atom. The first kappa shape index (κ1) is 13.6. The molecule has 0 spiro atoms. The number of rotatable bonds is 3. The van der Waals surface area contributed by atoms with Crippen molar-refractivity contribution >= 4 is 5.91 Å². The minimum atomic E-state index is 0.249. The normalized spacial score (nSPS) is 27.1. The summed E-state index contributed by atoms with van der Waals surface area (Å²) in [5, 5.41) is 0. The first-order valence-corrected chi connectivity index (χ1v) is 7.81. The Morgan fingerprint density at radius 2 is 1.80 bits per heavy atom. The molecule has 2 aliphatic heterocycles. The van der Waals surface area contributed by atoms with Gasteiger partial charge < -0.3 is 4.90 Å². The van der Waals surface area contributed by atoms with Crippen LogP contribution in [0.5, 0.6) is 0 Å². The van der Waals surface area contributed by atoms with Gasteiger partial charge in [0.15, 0.2) is 0 Å². The van der Waals surface area contributed by atoms with Crippen molar-refractivity contribution in [2.24, 2.45) is 0 Å². The van der Waals surface area contributed by atoms with Gasteiger partial charge in [-0.15, -0.1) is 0 Å². The number of hydrogen-bond donors (Lipinski definition) is 0. The highest BCUT2D eigenvalue weighted by Gasteiger charge is 2.38. The lowest BCUT2D eigenvalue weighted by Crippen LogP contribution is -2.47. The molecular weight excluding hydrogens is 248 g/mol. The van der Waals surface area contributed by atoms with E-state index >= 15 is 0 Å². The van der Waals surface area contributed by atoms with E-state index in [0.717, 1.165) is 13.1 Å². The van der Waals surface area contributed by atoms with Gasteiger partial charge >= 0.3 is 0 Å². The van der Waals surface area contributed by atoms with Crippen molar-refractivity contribution in [3.8, 4) is 0 Å². The first-order valence-electron chi connectivity index (χ1n) is 7.81. The molecule has 2 aliphatic rings. The molecule has 0 bridgehead atoms. The van der Waals surface area contributed by atoms with Crippen LogP contribution in [0.25, 0.3) is 0 Å². The molecule has 108 valence electrons. The SMILES string of the molecule is CC(=O)N1CCCC1C1CCCN1Cc1ccccc1. The van der Waals surface area contributed by atoms with Crippen molar-refractivity contribution in [1.82, 2.24) is 9.80 Å². The molecule has 1 aromatic carbocycles. The summed E-state index contributed by atoms with van der Waals surface area (Å²) in [6, 6.07) is 11.7. The Morgan fingerprint density at radius 1 is 1.10 bits per heavy atom. The fraction of sp³-hybridized carbons (Fsp3) is 0.588. The van der Waals surface area contributed by atoms with Gasteiger partial charge in [0.2, 0.25) is 5.91 Å². The predicted molar refractivity (Wildman–Crippen MR) is 80.3 cm³/mol. The van der Waals surface area contributed by atoms with Crippen LogP contribution in [-0.4, -0.2) is 40.9 Å². The zero-order valence-electron chi connectivity index (χ0n) is 12.3. The molecule has 0 radical (unpaired) electrons. The van der Waals surface area contributed by atoms with Gasteiger partial charge in [-0.05, 0) is 37.8 Å². The maximum atomic E-state index is 11.8. The summed E-state index contributed by atoms with van der Waals surface area (Å²) in [6.45, 7) is 4.86. The number of amides is 1. The molecule has 2 fully saturated rings. The van der Waals surface area contributed by atoms with E-state index in [9.17, 15) is 4.79 Å². The van der Waals surface area contributed by atoms with E-state index in [-0.39, 0.29) is 5.91 Å². The summed E-state index contributed by atoms with van der Waals surface area (Å²) in [4.78, 5) is 16.5. The van der Waals surface area contributed by atoms with E-state index < -0.39 is 0 Å². The van der Waals surface area contributed by atoms with Crippen LogP contribution in [0.3, 0.4) is 0 Å². The van der Waals surface area contributed by atoms with E-state index in [1.54, 1.807) is 6.92 Å². The Balaban J connectivity index is 1.71. The van der Waals surface area contributed by atoms with Crippen LogP contribution >= 0.6 is 0 Å². The van der Waals surface area contributed by atoms with Crippen LogP contribution in [0.1, 0.15) is 38.2 Å². The average Bonchev–Trinajstić information content (AvgIpc) is 3.07. The summed E-state index contributed by atoms with van der Waals surface area (Å²) in [7, 11) is 0. The van der Waals surface area contributed by atoms with E-state index in [4.69, 9.17) is 0 Å². The zero-order valence-corrected chi connectivity index (χ0v) is 12.3. The molecule has 3 rings (SSSR count). The number of nitrogens with zero attached hydrogens (tertiary/aromatic N) is 2. The first-order chi connectivity index (χ1) is 9.75. The third-order valence-corrected chi connectivity index (χ3v) is 4.79. The van der Waals surface area contributed by atoms with Gasteiger partial charge in [-0.25, -0.2) is 0 Å². The highest BCUT2D eigenvalue weighted by Crippen LogP contribution is 2.31. The number of hydrogen-bond acceptors (Lipinski definition) is 2. The highest BCUT2D eigenvalue weighted by molar-refractivity contribution is 5.74. The molecule has 0 N–H and O–H groups in total. The molecule has 2 unspecified atom stereocenters.